The van der Waals surface area contributed by atoms with Crippen LogP contribution in [0.3, 0.4) is 0 Å². The standard InChI is InChI=1S/C8H19NO3S/c1-8(2,4-5-9)7(10)6-13(3,11)12/h7,10H,4-6,9H2,1-3H3. The summed E-state index contributed by atoms with van der Waals surface area (Å²) in [5, 5.41) is 9.61. The fraction of sp³-hybridized carbons (Fsp3) is 1.00. The predicted molar refractivity (Wildman–Crippen MR) is 53.2 cm³/mol. The lowest BCUT2D eigenvalue weighted by molar-refractivity contribution is 0.0642. The van der Waals surface area contributed by atoms with Crippen molar-refractivity contribution in [3.8, 4) is 0 Å². The van der Waals surface area contributed by atoms with E-state index in [2.05, 4.69) is 0 Å². The lowest BCUT2D eigenvalue weighted by Crippen LogP contribution is -2.36. The first kappa shape index (κ1) is 12.9. The molecule has 1 atom stereocenters. The third kappa shape index (κ3) is 5.23. The lowest BCUT2D eigenvalue weighted by atomic mass is 9.84. The summed E-state index contributed by atoms with van der Waals surface area (Å²) in [6.07, 6.45) is 0.893. The zero-order valence-electron chi connectivity index (χ0n) is 8.45. The number of aliphatic hydroxyl groups excluding tert-OH is 1. The number of nitrogens with two attached hydrogens (primary N) is 1. The molecule has 0 spiro atoms. The molecule has 3 N–H and O–H groups in total. The summed E-state index contributed by atoms with van der Waals surface area (Å²) < 4.78 is 21.8. The van der Waals surface area contributed by atoms with E-state index < -0.39 is 21.4 Å². The molecule has 0 aliphatic rings. The minimum absolute atomic E-state index is 0.194. The Hall–Kier alpha value is -0.130. The lowest BCUT2D eigenvalue weighted by Gasteiger charge is -2.29. The maximum Gasteiger partial charge on any atom is 0.150 e. The summed E-state index contributed by atoms with van der Waals surface area (Å²) in [5.74, 6) is -0.194. The van der Waals surface area contributed by atoms with Gasteiger partial charge in [0.15, 0.2) is 0 Å². The number of sulfone groups is 1. The van der Waals surface area contributed by atoms with Crippen molar-refractivity contribution in [2.24, 2.45) is 11.1 Å². The minimum atomic E-state index is -3.12. The predicted octanol–water partition coefficient (Wildman–Crippen LogP) is -0.233. The molecular weight excluding hydrogens is 190 g/mol. The Labute approximate surface area is 80.1 Å². The van der Waals surface area contributed by atoms with Gasteiger partial charge in [-0.3, -0.25) is 0 Å². The molecule has 0 aliphatic carbocycles. The van der Waals surface area contributed by atoms with Gasteiger partial charge in [0.25, 0.3) is 0 Å². The Bertz CT molecular complexity index is 246. The van der Waals surface area contributed by atoms with E-state index in [-0.39, 0.29) is 5.75 Å². The van der Waals surface area contributed by atoms with E-state index >= 15 is 0 Å². The van der Waals surface area contributed by atoms with Crippen molar-refractivity contribution in [3.05, 3.63) is 0 Å². The highest BCUT2D eigenvalue weighted by Crippen LogP contribution is 2.25. The highest BCUT2D eigenvalue weighted by Gasteiger charge is 2.29. The monoisotopic (exact) mass is 209 g/mol. The van der Waals surface area contributed by atoms with Crippen molar-refractivity contribution in [3.63, 3.8) is 0 Å². The minimum Gasteiger partial charge on any atom is -0.392 e. The van der Waals surface area contributed by atoms with Gasteiger partial charge in [-0.05, 0) is 18.4 Å². The first-order valence-electron chi connectivity index (χ1n) is 4.25. The average molecular weight is 209 g/mol. The molecule has 0 bridgehead atoms. The van der Waals surface area contributed by atoms with E-state index in [1.165, 1.54) is 0 Å². The van der Waals surface area contributed by atoms with Gasteiger partial charge >= 0.3 is 0 Å². The first-order chi connectivity index (χ1) is 5.69. The smallest absolute Gasteiger partial charge is 0.150 e. The van der Waals surface area contributed by atoms with Crippen LogP contribution in [0.2, 0.25) is 0 Å². The molecule has 0 rings (SSSR count). The number of hydrogen-bond donors (Lipinski definition) is 2. The maximum absolute atomic E-state index is 10.9. The molecule has 13 heavy (non-hydrogen) atoms. The molecule has 1 unspecified atom stereocenters. The number of aliphatic hydroxyl groups is 1. The van der Waals surface area contributed by atoms with Crippen molar-refractivity contribution in [1.82, 2.24) is 0 Å². The van der Waals surface area contributed by atoms with Crippen LogP contribution in [-0.2, 0) is 9.84 Å². The van der Waals surface area contributed by atoms with Gasteiger partial charge in [-0.25, -0.2) is 8.42 Å². The quantitative estimate of drug-likeness (QED) is 0.655. The molecule has 5 heteroatoms. The Balaban J connectivity index is 4.33. The molecule has 0 aromatic carbocycles. The molecular formula is C8H19NO3S. The van der Waals surface area contributed by atoms with Crippen LogP contribution < -0.4 is 5.73 Å². The van der Waals surface area contributed by atoms with Gasteiger partial charge in [0, 0.05) is 6.26 Å². The molecule has 0 aromatic rings. The fourth-order valence-electron chi connectivity index (χ4n) is 1.05. The molecule has 0 radical (unpaired) electrons. The normalized spacial score (nSPS) is 15.8. The van der Waals surface area contributed by atoms with Gasteiger partial charge in [-0.1, -0.05) is 13.8 Å². The van der Waals surface area contributed by atoms with Crippen molar-refractivity contribution < 1.29 is 13.5 Å². The maximum atomic E-state index is 10.9. The highest BCUT2D eigenvalue weighted by atomic mass is 32.2. The van der Waals surface area contributed by atoms with Crippen LogP contribution in [0.4, 0.5) is 0 Å². The summed E-state index contributed by atoms with van der Waals surface area (Å²) in [6, 6.07) is 0. The van der Waals surface area contributed by atoms with E-state index in [1.807, 2.05) is 13.8 Å². The zero-order valence-corrected chi connectivity index (χ0v) is 9.26. The summed E-state index contributed by atoms with van der Waals surface area (Å²) in [7, 11) is -3.12. The van der Waals surface area contributed by atoms with Crippen molar-refractivity contribution in [1.29, 1.82) is 0 Å². The second-order valence-corrected chi connectivity index (χ2v) is 6.32. The van der Waals surface area contributed by atoms with Crippen LogP contribution in [0.15, 0.2) is 0 Å². The summed E-state index contributed by atoms with van der Waals surface area (Å²) >= 11 is 0. The molecule has 80 valence electrons. The van der Waals surface area contributed by atoms with E-state index in [0.717, 1.165) is 6.26 Å². The molecule has 0 saturated heterocycles. The Morgan fingerprint density at radius 2 is 1.92 bits per heavy atom. The van der Waals surface area contributed by atoms with E-state index in [1.54, 1.807) is 0 Å². The highest BCUT2D eigenvalue weighted by molar-refractivity contribution is 7.90. The zero-order chi connectivity index (χ0) is 10.7. The first-order valence-corrected chi connectivity index (χ1v) is 6.31. The van der Waals surface area contributed by atoms with Gasteiger partial charge in [0.05, 0.1) is 11.9 Å². The largest absolute Gasteiger partial charge is 0.392 e. The Morgan fingerprint density at radius 1 is 1.46 bits per heavy atom. The van der Waals surface area contributed by atoms with E-state index in [9.17, 15) is 13.5 Å². The topological polar surface area (TPSA) is 80.4 Å². The fourth-order valence-corrected chi connectivity index (χ4v) is 2.08. The second-order valence-electron chi connectivity index (χ2n) is 4.14. The van der Waals surface area contributed by atoms with Gasteiger partial charge in [0.2, 0.25) is 0 Å². The van der Waals surface area contributed by atoms with Gasteiger partial charge in [-0.2, -0.15) is 0 Å². The van der Waals surface area contributed by atoms with Crippen LogP contribution in [0.25, 0.3) is 0 Å². The number of rotatable bonds is 5. The average Bonchev–Trinajstić information content (AvgIpc) is 1.82. The molecule has 0 fully saturated rings. The van der Waals surface area contributed by atoms with E-state index in [0.29, 0.717) is 13.0 Å². The van der Waals surface area contributed by atoms with Crippen LogP contribution in [0, 0.1) is 5.41 Å². The summed E-state index contributed by atoms with van der Waals surface area (Å²) in [5.41, 5.74) is 4.92. The van der Waals surface area contributed by atoms with Crippen LogP contribution in [0.1, 0.15) is 20.3 Å². The molecule has 0 saturated carbocycles. The van der Waals surface area contributed by atoms with Crippen LogP contribution in [0.5, 0.6) is 0 Å². The molecule has 0 amide bonds. The summed E-state index contributed by atoms with van der Waals surface area (Å²) in [6.45, 7) is 4.08. The van der Waals surface area contributed by atoms with Crippen LogP contribution in [-0.4, -0.2) is 38.2 Å². The summed E-state index contributed by atoms with van der Waals surface area (Å²) in [4.78, 5) is 0. The molecule has 0 heterocycles. The van der Waals surface area contributed by atoms with Gasteiger partial charge < -0.3 is 10.8 Å². The van der Waals surface area contributed by atoms with E-state index in [4.69, 9.17) is 5.73 Å². The third-order valence-corrected chi connectivity index (χ3v) is 3.07. The number of hydrogen-bond acceptors (Lipinski definition) is 4. The Kier molecular flexibility index (Phi) is 4.35. The van der Waals surface area contributed by atoms with Crippen LogP contribution >= 0.6 is 0 Å². The Morgan fingerprint density at radius 3 is 2.23 bits per heavy atom. The molecule has 0 aromatic heterocycles. The van der Waals surface area contributed by atoms with Crippen molar-refractivity contribution in [2.75, 3.05) is 18.6 Å². The molecule has 4 nitrogen and oxygen atoms in total. The second kappa shape index (κ2) is 4.39. The SMILES string of the molecule is CC(C)(CCN)C(O)CS(C)(=O)=O. The van der Waals surface area contributed by atoms with Crippen molar-refractivity contribution in [2.45, 2.75) is 26.4 Å². The van der Waals surface area contributed by atoms with Gasteiger partial charge in [-0.15, -0.1) is 0 Å². The molecule has 0 aliphatic heterocycles. The third-order valence-electron chi connectivity index (χ3n) is 2.15. The van der Waals surface area contributed by atoms with Crippen molar-refractivity contribution >= 4 is 9.84 Å². The van der Waals surface area contributed by atoms with Gasteiger partial charge in [0.1, 0.15) is 9.84 Å².